The number of halogens is 1. The number of carbonyl (C=O) groups is 2. The molecule has 2 aromatic carbocycles. The number of carbonyl (C=O) groups excluding carboxylic acids is 2. The highest BCUT2D eigenvalue weighted by Crippen LogP contribution is 2.39. The molecule has 61 heavy (non-hydrogen) atoms. The summed E-state index contributed by atoms with van der Waals surface area (Å²) in [7, 11) is -0.907. The number of nitrogens with one attached hydrogen (secondary N) is 2. The number of amides is 2. The van der Waals surface area contributed by atoms with Gasteiger partial charge < -0.3 is 59.2 Å². The van der Waals surface area contributed by atoms with Gasteiger partial charge in [0.1, 0.15) is 17.9 Å². The number of nitrogens with zero attached hydrogens (tertiary/aromatic N) is 5. The minimum atomic E-state index is -2.55. The van der Waals surface area contributed by atoms with Crippen LogP contribution in [-0.2, 0) is 37.8 Å². The van der Waals surface area contributed by atoms with Crippen LogP contribution in [0, 0.1) is 0 Å². The molecule has 0 atom stereocenters. The molecule has 1 aromatic heterocycles. The first-order chi connectivity index (χ1) is 29.5. The first-order valence-electron chi connectivity index (χ1n) is 20.8. The van der Waals surface area contributed by atoms with Crippen molar-refractivity contribution in [2.24, 2.45) is 5.73 Å². The van der Waals surface area contributed by atoms with Crippen LogP contribution in [0.25, 0.3) is 0 Å². The van der Waals surface area contributed by atoms with Crippen LogP contribution in [0.2, 0.25) is 5.02 Å². The third-order valence-corrected chi connectivity index (χ3v) is 12.2. The highest BCUT2D eigenvalue weighted by atomic mass is 35.5. The van der Waals surface area contributed by atoms with Gasteiger partial charge in [-0.1, -0.05) is 23.7 Å². The molecular weight excluding hydrogens is 827 g/mol. The summed E-state index contributed by atoms with van der Waals surface area (Å²) in [6.07, 6.45) is 4.16. The summed E-state index contributed by atoms with van der Waals surface area (Å²) in [6, 6.07) is 14.0. The maximum absolute atomic E-state index is 12.9. The molecule has 0 unspecified atom stereocenters. The molecule has 336 valence electrons. The van der Waals surface area contributed by atoms with Crippen LogP contribution >= 0.6 is 18.7 Å². The van der Waals surface area contributed by atoms with Gasteiger partial charge in [0.05, 0.1) is 97.2 Å². The maximum Gasteiger partial charge on any atom is 0.229 e. The summed E-state index contributed by atoms with van der Waals surface area (Å²) in [6.45, 7) is 12.7. The Morgan fingerprint density at radius 3 is 1.97 bits per heavy atom. The molecule has 0 aliphatic carbocycles. The molecule has 4 N–H and O–H groups in total. The Labute approximate surface area is 364 Å². The van der Waals surface area contributed by atoms with Crippen molar-refractivity contribution in [1.82, 2.24) is 19.8 Å². The predicted octanol–water partition coefficient (Wildman–Crippen LogP) is 4.34. The number of anilines is 5. The number of para-hydroxylation sites is 1. The summed E-state index contributed by atoms with van der Waals surface area (Å²) in [5.41, 5.74) is 7.52. The predicted molar refractivity (Wildman–Crippen MR) is 238 cm³/mol. The topological polar surface area (TPSA) is 192 Å². The summed E-state index contributed by atoms with van der Waals surface area (Å²) in [5, 5.41) is 7.56. The van der Waals surface area contributed by atoms with E-state index >= 15 is 0 Å². The smallest absolute Gasteiger partial charge is 0.229 e. The van der Waals surface area contributed by atoms with Gasteiger partial charge in [-0.3, -0.25) is 14.5 Å². The minimum absolute atomic E-state index is 0.127. The van der Waals surface area contributed by atoms with Crippen molar-refractivity contribution in [3.63, 3.8) is 0 Å². The second-order valence-electron chi connectivity index (χ2n) is 15.1. The lowest BCUT2D eigenvalue weighted by molar-refractivity contribution is -0.134. The van der Waals surface area contributed by atoms with Crippen LogP contribution in [-0.4, -0.2) is 163 Å². The van der Waals surface area contributed by atoms with Crippen molar-refractivity contribution < 1.29 is 42.6 Å². The van der Waals surface area contributed by atoms with Gasteiger partial charge in [-0.25, -0.2) is 4.98 Å². The van der Waals surface area contributed by atoms with Crippen molar-refractivity contribution in [2.75, 3.05) is 141 Å². The lowest BCUT2D eigenvalue weighted by Gasteiger charge is -2.43. The normalized spacial score (nSPS) is 15.2. The standard InChI is InChI=1S/C42H62ClN8O9P/c1-55-37-30-33(8-9-35(37)47-42-45-31-34(43)41(48-42)46-36-6-4-5-7-38(36)61(2,3)54)49-14-10-32(11-15-49)50-16-18-51(19-17-50)40(53)13-21-57-23-25-59-27-29-60-28-26-58-24-22-56-20-12-39(44)52/h4-9,30-32H,10-29H2,1-3H3,(H2,44,52)(H2,45,46,47,48). The van der Waals surface area contributed by atoms with Crippen molar-refractivity contribution in [1.29, 1.82) is 0 Å². The van der Waals surface area contributed by atoms with Gasteiger partial charge in [0, 0.05) is 68.8 Å². The van der Waals surface area contributed by atoms with Crippen LogP contribution in [0.15, 0.2) is 48.7 Å². The largest absolute Gasteiger partial charge is 0.494 e. The van der Waals surface area contributed by atoms with E-state index in [0.717, 1.165) is 57.8 Å². The molecular formula is C42H62ClN8O9P. The molecule has 2 saturated heterocycles. The van der Waals surface area contributed by atoms with E-state index in [4.69, 9.17) is 45.8 Å². The lowest BCUT2D eigenvalue weighted by atomic mass is 10.0. The molecule has 5 rings (SSSR count). The van der Waals surface area contributed by atoms with Gasteiger partial charge in [0.15, 0.2) is 5.82 Å². The van der Waals surface area contributed by atoms with E-state index in [1.54, 1.807) is 20.4 Å². The van der Waals surface area contributed by atoms with Crippen LogP contribution in [0.1, 0.15) is 25.7 Å². The molecule has 0 saturated carbocycles. The van der Waals surface area contributed by atoms with Crippen LogP contribution in [0.3, 0.4) is 0 Å². The van der Waals surface area contributed by atoms with E-state index in [2.05, 4.69) is 36.5 Å². The second kappa shape index (κ2) is 25.1. The SMILES string of the molecule is COc1cc(N2CCC(N3CCN(C(=O)CCOCCOCCOCCOCCOCCC(N)=O)CC3)CC2)ccc1Nc1ncc(Cl)c(Nc2ccccc2P(C)(C)=O)n1. The molecule has 0 bridgehead atoms. The average Bonchev–Trinajstić information content (AvgIpc) is 3.25. The molecule has 3 heterocycles. The summed E-state index contributed by atoms with van der Waals surface area (Å²) in [4.78, 5) is 39.4. The van der Waals surface area contributed by atoms with Crippen molar-refractivity contribution in [3.05, 3.63) is 53.7 Å². The van der Waals surface area contributed by atoms with E-state index in [0.29, 0.717) is 118 Å². The second-order valence-corrected chi connectivity index (χ2v) is 18.6. The van der Waals surface area contributed by atoms with E-state index in [1.807, 2.05) is 41.3 Å². The lowest BCUT2D eigenvalue weighted by Crippen LogP contribution is -2.54. The maximum atomic E-state index is 12.9. The van der Waals surface area contributed by atoms with E-state index in [1.165, 1.54) is 6.20 Å². The molecule has 17 nitrogen and oxygen atoms in total. The molecule has 3 aromatic rings. The van der Waals surface area contributed by atoms with Gasteiger partial charge in [0.25, 0.3) is 0 Å². The molecule has 2 fully saturated rings. The first-order valence-corrected chi connectivity index (χ1v) is 23.8. The first kappa shape index (κ1) is 48.0. The van der Waals surface area contributed by atoms with Crippen LogP contribution < -0.4 is 31.3 Å². The monoisotopic (exact) mass is 888 g/mol. The van der Waals surface area contributed by atoms with Crippen LogP contribution in [0.5, 0.6) is 5.75 Å². The average molecular weight is 889 g/mol. The highest BCUT2D eigenvalue weighted by molar-refractivity contribution is 7.70. The summed E-state index contributed by atoms with van der Waals surface area (Å²) in [5.74, 6) is 1.14. The fraction of sp³-hybridized carbons (Fsp3) is 0.571. The number of hydrogen-bond donors (Lipinski definition) is 3. The van der Waals surface area contributed by atoms with Gasteiger partial charge in [0.2, 0.25) is 17.8 Å². The van der Waals surface area contributed by atoms with Crippen LogP contribution in [0.4, 0.5) is 28.8 Å². The number of hydrogen-bond acceptors (Lipinski definition) is 15. The zero-order valence-electron chi connectivity index (χ0n) is 35.7. The number of benzene rings is 2. The Bertz CT molecular complexity index is 1880. The number of piperidine rings is 1. The molecule has 0 spiro atoms. The number of nitrogens with two attached hydrogens (primary N) is 1. The van der Waals surface area contributed by atoms with E-state index < -0.39 is 7.14 Å². The molecule has 2 aliphatic heterocycles. The van der Waals surface area contributed by atoms with Gasteiger partial charge in [-0.15, -0.1) is 0 Å². The fourth-order valence-electron chi connectivity index (χ4n) is 7.09. The number of aromatic nitrogens is 2. The number of primary amides is 1. The Balaban J connectivity index is 0.941. The fourth-order valence-corrected chi connectivity index (χ4v) is 8.38. The highest BCUT2D eigenvalue weighted by Gasteiger charge is 2.29. The molecule has 2 aliphatic rings. The Morgan fingerprint density at radius 1 is 0.787 bits per heavy atom. The molecule has 19 heteroatoms. The van der Waals surface area contributed by atoms with Gasteiger partial charge in [-0.05, 0) is 50.4 Å². The van der Waals surface area contributed by atoms with Crippen molar-refractivity contribution >= 4 is 64.7 Å². The third-order valence-electron chi connectivity index (χ3n) is 10.4. The van der Waals surface area contributed by atoms with Gasteiger partial charge >= 0.3 is 0 Å². The van der Waals surface area contributed by atoms with Gasteiger partial charge in [-0.2, -0.15) is 4.98 Å². The number of ether oxygens (including phenoxy) is 6. The number of rotatable bonds is 26. The number of methoxy groups -OCH3 is 1. The Morgan fingerprint density at radius 2 is 1.38 bits per heavy atom. The summed E-state index contributed by atoms with van der Waals surface area (Å²) < 4.78 is 45.9. The van der Waals surface area contributed by atoms with E-state index in [-0.39, 0.29) is 18.2 Å². The van der Waals surface area contributed by atoms with Crippen molar-refractivity contribution in [3.8, 4) is 5.75 Å². The molecule has 2 amide bonds. The Hall–Kier alpha value is -4.06. The zero-order chi connectivity index (χ0) is 43.5. The summed E-state index contributed by atoms with van der Waals surface area (Å²) >= 11 is 6.47. The minimum Gasteiger partial charge on any atom is -0.494 e. The Kier molecular flexibility index (Phi) is 19.8. The van der Waals surface area contributed by atoms with Crippen molar-refractivity contribution in [2.45, 2.75) is 31.7 Å². The zero-order valence-corrected chi connectivity index (χ0v) is 37.3. The quantitative estimate of drug-likeness (QED) is 0.0762. The molecule has 0 radical (unpaired) electrons. The third kappa shape index (κ3) is 16.0. The number of piperazine rings is 1. The van der Waals surface area contributed by atoms with E-state index in [9.17, 15) is 14.2 Å².